The van der Waals surface area contributed by atoms with Gasteiger partial charge in [-0.3, -0.25) is 4.79 Å². The van der Waals surface area contributed by atoms with Crippen LogP contribution in [0, 0.1) is 13.8 Å². The van der Waals surface area contributed by atoms with E-state index >= 15 is 0 Å². The molecular formula is C13H19ClN4O. The molecule has 0 bridgehead atoms. The van der Waals surface area contributed by atoms with Crippen LogP contribution in [0.1, 0.15) is 24.2 Å². The van der Waals surface area contributed by atoms with Gasteiger partial charge < -0.3 is 9.80 Å². The van der Waals surface area contributed by atoms with E-state index < -0.39 is 0 Å². The Morgan fingerprint density at radius 3 is 2.47 bits per heavy atom. The molecule has 5 nitrogen and oxygen atoms in total. The van der Waals surface area contributed by atoms with Crippen molar-refractivity contribution in [1.82, 2.24) is 14.9 Å². The van der Waals surface area contributed by atoms with Gasteiger partial charge in [-0.1, -0.05) is 11.6 Å². The van der Waals surface area contributed by atoms with E-state index in [9.17, 15) is 4.79 Å². The Hall–Kier alpha value is -1.36. The Bertz CT molecular complexity index is 486. The zero-order valence-corrected chi connectivity index (χ0v) is 12.4. The second kappa shape index (κ2) is 5.74. The van der Waals surface area contributed by atoms with Crippen molar-refractivity contribution >= 4 is 23.3 Å². The summed E-state index contributed by atoms with van der Waals surface area (Å²) in [7, 11) is 1.82. The number of nitrogens with zero attached hydrogens (tertiary/aromatic N) is 4. The third-order valence-corrected chi connectivity index (χ3v) is 3.69. The van der Waals surface area contributed by atoms with Gasteiger partial charge in [0.2, 0.25) is 5.91 Å². The molecule has 1 saturated heterocycles. The summed E-state index contributed by atoms with van der Waals surface area (Å²) >= 11 is 6.10. The maximum absolute atomic E-state index is 12.1. The molecule has 0 saturated carbocycles. The average molecular weight is 283 g/mol. The summed E-state index contributed by atoms with van der Waals surface area (Å²) in [6.45, 7) is 5.76. The van der Waals surface area contributed by atoms with E-state index in [0.29, 0.717) is 11.0 Å². The molecule has 0 atom stereocenters. The lowest BCUT2D eigenvalue weighted by molar-refractivity contribution is -0.128. The van der Waals surface area contributed by atoms with Gasteiger partial charge in [0.05, 0.1) is 17.9 Å². The van der Waals surface area contributed by atoms with Gasteiger partial charge in [0, 0.05) is 20.1 Å². The van der Waals surface area contributed by atoms with Crippen molar-refractivity contribution < 1.29 is 4.79 Å². The number of likely N-dealkylation sites (tertiary alicyclic amines) is 1. The molecule has 0 aromatic carbocycles. The van der Waals surface area contributed by atoms with Crippen LogP contribution < -0.4 is 4.90 Å². The summed E-state index contributed by atoms with van der Waals surface area (Å²) in [6, 6.07) is 0. The molecule has 1 aromatic rings. The van der Waals surface area contributed by atoms with E-state index in [1.807, 2.05) is 25.8 Å². The third-order valence-electron chi connectivity index (χ3n) is 3.44. The van der Waals surface area contributed by atoms with Crippen LogP contribution in [0.3, 0.4) is 0 Å². The molecule has 2 rings (SSSR count). The normalized spacial score (nSPS) is 14.8. The molecule has 0 unspecified atom stereocenters. The minimum atomic E-state index is 0.121. The van der Waals surface area contributed by atoms with Gasteiger partial charge in [-0.25, -0.2) is 9.97 Å². The molecular weight excluding hydrogens is 264 g/mol. The molecule has 19 heavy (non-hydrogen) atoms. The summed E-state index contributed by atoms with van der Waals surface area (Å²) in [6.07, 6.45) is 2.19. The highest BCUT2D eigenvalue weighted by molar-refractivity contribution is 6.31. The van der Waals surface area contributed by atoms with E-state index in [4.69, 9.17) is 11.6 Å². The first-order valence-corrected chi connectivity index (χ1v) is 6.86. The van der Waals surface area contributed by atoms with Gasteiger partial charge in [0.15, 0.2) is 11.0 Å². The number of rotatable bonds is 3. The number of hydrogen-bond donors (Lipinski definition) is 0. The van der Waals surface area contributed by atoms with E-state index in [0.717, 1.165) is 37.3 Å². The number of hydrogen-bond acceptors (Lipinski definition) is 4. The van der Waals surface area contributed by atoms with Crippen molar-refractivity contribution in [1.29, 1.82) is 0 Å². The van der Waals surface area contributed by atoms with Crippen LogP contribution in [0.2, 0.25) is 5.15 Å². The van der Waals surface area contributed by atoms with E-state index in [2.05, 4.69) is 9.97 Å². The summed E-state index contributed by atoms with van der Waals surface area (Å²) in [5.74, 6) is 0.688. The largest absolute Gasteiger partial charge is 0.348 e. The van der Waals surface area contributed by atoms with Crippen molar-refractivity contribution in [2.45, 2.75) is 26.7 Å². The lowest BCUT2D eigenvalue weighted by Crippen LogP contribution is -2.37. The molecule has 1 aliphatic heterocycles. The van der Waals surface area contributed by atoms with Gasteiger partial charge in [-0.2, -0.15) is 0 Å². The summed E-state index contributed by atoms with van der Waals surface area (Å²) in [5.41, 5.74) is 1.65. The Morgan fingerprint density at radius 2 is 1.84 bits per heavy atom. The van der Waals surface area contributed by atoms with E-state index in [1.54, 1.807) is 4.90 Å². The molecule has 0 radical (unpaired) electrons. The van der Waals surface area contributed by atoms with Crippen LogP contribution in [0.25, 0.3) is 0 Å². The molecule has 1 aromatic heterocycles. The molecule has 1 aliphatic rings. The Kier molecular flexibility index (Phi) is 4.24. The molecule has 0 aliphatic carbocycles. The topological polar surface area (TPSA) is 49.3 Å². The van der Waals surface area contributed by atoms with Crippen LogP contribution >= 0.6 is 11.6 Å². The number of carbonyl (C=O) groups excluding carboxylic acids is 1. The third kappa shape index (κ3) is 3.15. The van der Waals surface area contributed by atoms with Gasteiger partial charge in [0.25, 0.3) is 0 Å². The zero-order chi connectivity index (χ0) is 14.0. The second-order valence-corrected chi connectivity index (χ2v) is 5.31. The maximum atomic E-state index is 12.1. The highest BCUT2D eigenvalue weighted by atomic mass is 35.5. The predicted octanol–water partition coefficient (Wildman–Crippen LogP) is 1.81. The van der Waals surface area contributed by atoms with E-state index in [-0.39, 0.29) is 12.5 Å². The quantitative estimate of drug-likeness (QED) is 0.848. The number of halogens is 1. The first-order valence-electron chi connectivity index (χ1n) is 6.48. The number of aryl methyl sites for hydroxylation is 2. The van der Waals surface area contributed by atoms with Crippen LogP contribution in [-0.4, -0.2) is 47.5 Å². The first kappa shape index (κ1) is 14.1. The monoisotopic (exact) mass is 282 g/mol. The van der Waals surface area contributed by atoms with Crippen molar-refractivity contribution in [2.24, 2.45) is 0 Å². The smallest absolute Gasteiger partial charge is 0.242 e. The fraction of sp³-hybridized carbons (Fsp3) is 0.615. The van der Waals surface area contributed by atoms with Gasteiger partial charge in [0.1, 0.15) is 0 Å². The lowest BCUT2D eigenvalue weighted by atomic mass is 10.3. The minimum Gasteiger partial charge on any atom is -0.348 e. The molecule has 6 heteroatoms. The Morgan fingerprint density at radius 1 is 1.26 bits per heavy atom. The standard InChI is InChI=1S/C13H19ClN4O/c1-9-10(2)16-13(12(14)15-9)17(3)8-11(19)18-6-4-5-7-18/h4-8H2,1-3H3. The summed E-state index contributed by atoms with van der Waals surface area (Å²) < 4.78 is 0. The average Bonchev–Trinajstić information content (AvgIpc) is 2.87. The van der Waals surface area contributed by atoms with Crippen LogP contribution in [0.15, 0.2) is 0 Å². The van der Waals surface area contributed by atoms with Crippen molar-refractivity contribution in [3.05, 3.63) is 16.5 Å². The first-order chi connectivity index (χ1) is 8.99. The molecule has 104 valence electrons. The SMILES string of the molecule is Cc1nc(Cl)c(N(C)CC(=O)N2CCCC2)nc1C. The second-order valence-electron chi connectivity index (χ2n) is 4.95. The Balaban J connectivity index is 2.09. The molecule has 1 amide bonds. The zero-order valence-electron chi connectivity index (χ0n) is 11.6. The highest BCUT2D eigenvalue weighted by Crippen LogP contribution is 2.22. The fourth-order valence-electron chi connectivity index (χ4n) is 2.15. The highest BCUT2D eigenvalue weighted by Gasteiger charge is 2.21. The van der Waals surface area contributed by atoms with Crippen LogP contribution in [0.4, 0.5) is 5.82 Å². The van der Waals surface area contributed by atoms with Crippen LogP contribution in [-0.2, 0) is 4.79 Å². The number of amides is 1. The number of anilines is 1. The minimum absolute atomic E-state index is 0.121. The van der Waals surface area contributed by atoms with Gasteiger partial charge in [-0.05, 0) is 26.7 Å². The van der Waals surface area contributed by atoms with Crippen molar-refractivity contribution in [3.63, 3.8) is 0 Å². The predicted molar refractivity (Wildman–Crippen MR) is 75.6 cm³/mol. The van der Waals surface area contributed by atoms with E-state index in [1.165, 1.54) is 0 Å². The van der Waals surface area contributed by atoms with Crippen molar-refractivity contribution in [2.75, 3.05) is 31.6 Å². The lowest BCUT2D eigenvalue weighted by Gasteiger charge is -2.22. The van der Waals surface area contributed by atoms with Gasteiger partial charge in [-0.15, -0.1) is 0 Å². The maximum Gasteiger partial charge on any atom is 0.242 e. The molecule has 0 N–H and O–H groups in total. The summed E-state index contributed by atoms with van der Waals surface area (Å²) in [4.78, 5) is 24.4. The van der Waals surface area contributed by atoms with Crippen LogP contribution in [0.5, 0.6) is 0 Å². The number of likely N-dealkylation sites (N-methyl/N-ethyl adjacent to an activating group) is 1. The molecule has 1 fully saturated rings. The molecule has 2 heterocycles. The molecule has 0 spiro atoms. The Labute approximate surface area is 118 Å². The number of aromatic nitrogens is 2. The van der Waals surface area contributed by atoms with Crippen molar-refractivity contribution in [3.8, 4) is 0 Å². The summed E-state index contributed by atoms with van der Waals surface area (Å²) in [5, 5.41) is 0.347. The van der Waals surface area contributed by atoms with Gasteiger partial charge >= 0.3 is 0 Å². The number of carbonyl (C=O) groups is 1. The fourth-order valence-corrected chi connectivity index (χ4v) is 2.46.